The Bertz CT molecular complexity index is 616. The van der Waals surface area contributed by atoms with Gasteiger partial charge in [-0.1, -0.05) is 30.3 Å². The Morgan fingerprint density at radius 2 is 1.84 bits per heavy atom. The van der Waals surface area contributed by atoms with Gasteiger partial charge in [-0.15, -0.1) is 0 Å². The van der Waals surface area contributed by atoms with Gasteiger partial charge in [0.1, 0.15) is 6.54 Å². The summed E-state index contributed by atoms with van der Waals surface area (Å²) in [6, 6.07) is 10.0. The molecule has 6 heteroatoms. The van der Waals surface area contributed by atoms with E-state index < -0.39 is 0 Å². The van der Waals surface area contributed by atoms with Crippen LogP contribution in [-0.4, -0.2) is 53.8 Å². The number of piperidine rings is 1. The number of hydrogen-bond acceptors (Lipinski definition) is 4. The van der Waals surface area contributed by atoms with E-state index in [9.17, 15) is 14.4 Å². The molecule has 2 fully saturated rings. The number of imide groups is 1. The van der Waals surface area contributed by atoms with E-state index in [1.807, 2.05) is 30.3 Å². The summed E-state index contributed by atoms with van der Waals surface area (Å²) in [6.45, 7) is 2.38. The molecular formula is C19H24N2O4. The zero-order valence-corrected chi connectivity index (χ0v) is 14.4. The van der Waals surface area contributed by atoms with Gasteiger partial charge in [0.05, 0.1) is 13.2 Å². The second-order valence-corrected chi connectivity index (χ2v) is 6.72. The van der Waals surface area contributed by atoms with Crippen molar-refractivity contribution in [2.75, 3.05) is 26.2 Å². The van der Waals surface area contributed by atoms with Crippen LogP contribution in [0.25, 0.3) is 0 Å². The second-order valence-electron chi connectivity index (χ2n) is 6.72. The van der Waals surface area contributed by atoms with Crippen LogP contribution in [0, 0.1) is 5.92 Å². The first kappa shape index (κ1) is 17.6. The zero-order chi connectivity index (χ0) is 17.6. The first-order chi connectivity index (χ1) is 12.1. The van der Waals surface area contributed by atoms with Gasteiger partial charge in [0.25, 0.3) is 0 Å². The van der Waals surface area contributed by atoms with Crippen molar-refractivity contribution >= 4 is 17.7 Å². The van der Waals surface area contributed by atoms with Gasteiger partial charge in [0, 0.05) is 25.9 Å². The number of carbonyl (C=O) groups excluding carboxylic acids is 3. The lowest BCUT2D eigenvalue weighted by atomic mass is 9.99. The van der Waals surface area contributed by atoms with Gasteiger partial charge in [0.15, 0.2) is 0 Å². The van der Waals surface area contributed by atoms with E-state index in [1.165, 1.54) is 0 Å². The third kappa shape index (κ3) is 4.66. The van der Waals surface area contributed by atoms with Crippen LogP contribution in [0.2, 0.25) is 0 Å². The molecule has 0 N–H and O–H groups in total. The Morgan fingerprint density at radius 1 is 1.12 bits per heavy atom. The minimum absolute atomic E-state index is 0.116. The number of hydrogen-bond donors (Lipinski definition) is 0. The number of benzene rings is 1. The highest BCUT2D eigenvalue weighted by Crippen LogP contribution is 2.19. The predicted octanol–water partition coefficient (Wildman–Crippen LogP) is 1.59. The van der Waals surface area contributed by atoms with E-state index >= 15 is 0 Å². The minimum atomic E-state index is -0.238. The van der Waals surface area contributed by atoms with Crippen molar-refractivity contribution in [3.63, 3.8) is 0 Å². The topological polar surface area (TPSA) is 66.9 Å². The molecule has 0 saturated carbocycles. The van der Waals surface area contributed by atoms with Crippen LogP contribution in [0.4, 0.5) is 0 Å². The molecule has 0 aliphatic carbocycles. The Balaban J connectivity index is 1.45. The van der Waals surface area contributed by atoms with Crippen LogP contribution in [0.15, 0.2) is 30.3 Å². The fraction of sp³-hybridized carbons (Fsp3) is 0.526. The van der Waals surface area contributed by atoms with Gasteiger partial charge in [-0.05, 0) is 24.3 Å². The Labute approximate surface area is 147 Å². The molecule has 1 unspecified atom stereocenters. The fourth-order valence-corrected chi connectivity index (χ4v) is 3.38. The number of likely N-dealkylation sites (tertiary alicyclic amines) is 2. The van der Waals surface area contributed by atoms with Gasteiger partial charge in [-0.3, -0.25) is 19.3 Å². The summed E-state index contributed by atoms with van der Waals surface area (Å²) < 4.78 is 5.80. The molecule has 134 valence electrons. The summed E-state index contributed by atoms with van der Waals surface area (Å²) in [5.41, 5.74) is 1.14. The molecule has 1 atom stereocenters. The van der Waals surface area contributed by atoms with Crippen LogP contribution in [0.3, 0.4) is 0 Å². The maximum absolute atomic E-state index is 12.4. The number of carbonyl (C=O) groups is 3. The molecule has 3 rings (SSSR count). The standard InChI is InChI=1S/C19H24N2O4/c22-17-8-9-18(23)21(17)12-19(24)20-10-4-7-16(11-20)14-25-13-15-5-2-1-3-6-15/h1-3,5-6,16H,4,7-14H2. The van der Waals surface area contributed by atoms with Crippen LogP contribution in [0.5, 0.6) is 0 Å². The average molecular weight is 344 g/mol. The molecule has 25 heavy (non-hydrogen) atoms. The Hall–Kier alpha value is -2.21. The summed E-state index contributed by atoms with van der Waals surface area (Å²) in [7, 11) is 0. The van der Waals surface area contributed by atoms with Crippen molar-refractivity contribution in [3.8, 4) is 0 Å². The number of ether oxygens (including phenoxy) is 1. The molecule has 6 nitrogen and oxygen atoms in total. The fourth-order valence-electron chi connectivity index (χ4n) is 3.38. The van der Waals surface area contributed by atoms with Crippen molar-refractivity contribution in [3.05, 3.63) is 35.9 Å². The smallest absolute Gasteiger partial charge is 0.242 e. The van der Waals surface area contributed by atoms with E-state index in [-0.39, 0.29) is 37.1 Å². The van der Waals surface area contributed by atoms with Crippen molar-refractivity contribution in [2.45, 2.75) is 32.3 Å². The summed E-state index contributed by atoms with van der Waals surface area (Å²) in [4.78, 5) is 38.6. The molecule has 2 saturated heterocycles. The molecule has 2 heterocycles. The SMILES string of the molecule is O=C(CN1C(=O)CCC1=O)N1CCCC(COCc2ccccc2)C1. The predicted molar refractivity (Wildman–Crippen MR) is 91.4 cm³/mol. The Kier molecular flexibility index (Phi) is 5.81. The highest BCUT2D eigenvalue weighted by molar-refractivity contribution is 6.04. The monoisotopic (exact) mass is 344 g/mol. The van der Waals surface area contributed by atoms with Crippen molar-refractivity contribution in [1.29, 1.82) is 0 Å². The third-order valence-electron chi connectivity index (χ3n) is 4.79. The molecular weight excluding hydrogens is 320 g/mol. The number of nitrogens with zero attached hydrogens (tertiary/aromatic N) is 2. The molecule has 3 amide bonds. The van der Waals surface area contributed by atoms with E-state index in [0.29, 0.717) is 32.2 Å². The molecule has 1 aromatic rings. The maximum atomic E-state index is 12.4. The molecule has 0 radical (unpaired) electrons. The second kappa shape index (κ2) is 8.25. The van der Waals surface area contributed by atoms with Gasteiger partial charge in [0.2, 0.25) is 17.7 Å². The van der Waals surface area contributed by atoms with Crippen LogP contribution in [-0.2, 0) is 25.7 Å². The largest absolute Gasteiger partial charge is 0.376 e. The van der Waals surface area contributed by atoms with E-state index in [1.54, 1.807) is 4.90 Å². The number of rotatable bonds is 6. The molecule has 0 bridgehead atoms. The Morgan fingerprint density at radius 3 is 2.56 bits per heavy atom. The zero-order valence-electron chi connectivity index (χ0n) is 14.4. The first-order valence-electron chi connectivity index (χ1n) is 8.86. The van der Waals surface area contributed by atoms with Crippen molar-refractivity contribution in [1.82, 2.24) is 9.80 Å². The van der Waals surface area contributed by atoms with Crippen LogP contribution < -0.4 is 0 Å². The summed E-state index contributed by atoms with van der Waals surface area (Å²) >= 11 is 0. The highest BCUT2D eigenvalue weighted by Gasteiger charge is 2.33. The maximum Gasteiger partial charge on any atom is 0.242 e. The van der Waals surface area contributed by atoms with Gasteiger partial charge < -0.3 is 9.64 Å². The summed E-state index contributed by atoms with van der Waals surface area (Å²) in [5.74, 6) is -0.320. The third-order valence-corrected chi connectivity index (χ3v) is 4.79. The molecule has 2 aliphatic rings. The van der Waals surface area contributed by atoms with Crippen molar-refractivity contribution in [2.24, 2.45) is 5.92 Å². The lowest BCUT2D eigenvalue weighted by Crippen LogP contribution is -2.47. The normalized spacial score (nSPS) is 21.0. The van der Waals surface area contributed by atoms with Crippen LogP contribution >= 0.6 is 0 Å². The molecule has 2 aliphatic heterocycles. The lowest BCUT2D eigenvalue weighted by molar-refractivity contribution is -0.146. The summed E-state index contributed by atoms with van der Waals surface area (Å²) in [6.07, 6.45) is 2.40. The average Bonchev–Trinajstić information content (AvgIpc) is 2.95. The number of amides is 3. The van der Waals surface area contributed by atoms with Crippen LogP contribution in [0.1, 0.15) is 31.2 Å². The quantitative estimate of drug-likeness (QED) is 0.735. The van der Waals surface area contributed by atoms with Gasteiger partial charge in [-0.25, -0.2) is 0 Å². The first-order valence-corrected chi connectivity index (χ1v) is 8.86. The lowest BCUT2D eigenvalue weighted by Gasteiger charge is -2.33. The van der Waals surface area contributed by atoms with Gasteiger partial charge >= 0.3 is 0 Å². The minimum Gasteiger partial charge on any atom is -0.376 e. The van der Waals surface area contributed by atoms with E-state index in [0.717, 1.165) is 23.3 Å². The molecule has 0 aromatic heterocycles. The van der Waals surface area contributed by atoms with Crippen molar-refractivity contribution < 1.29 is 19.1 Å². The van der Waals surface area contributed by atoms with E-state index in [4.69, 9.17) is 4.74 Å². The summed E-state index contributed by atoms with van der Waals surface area (Å²) in [5, 5.41) is 0. The molecule has 0 spiro atoms. The van der Waals surface area contributed by atoms with E-state index in [2.05, 4.69) is 0 Å². The van der Waals surface area contributed by atoms with Gasteiger partial charge in [-0.2, -0.15) is 0 Å². The molecule has 1 aromatic carbocycles. The highest BCUT2D eigenvalue weighted by atomic mass is 16.5.